The average Bonchev–Trinajstić information content (AvgIpc) is 2.37. The van der Waals surface area contributed by atoms with E-state index in [1.807, 2.05) is 31.1 Å². The summed E-state index contributed by atoms with van der Waals surface area (Å²) in [4.78, 5) is 1.93. The molecule has 0 amide bonds. The summed E-state index contributed by atoms with van der Waals surface area (Å²) in [5.41, 5.74) is 1.49. The molecule has 0 aliphatic heterocycles. The number of hydrogen-bond donors (Lipinski definition) is 1. The van der Waals surface area contributed by atoms with Crippen molar-refractivity contribution >= 4 is 13.3 Å². The van der Waals surface area contributed by atoms with Crippen LogP contribution in [0.15, 0.2) is 24.3 Å². The highest BCUT2D eigenvalue weighted by atomic mass is 31.2. The molecule has 5 nitrogen and oxygen atoms in total. The third-order valence-electron chi connectivity index (χ3n) is 2.52. The zero-order chi connectivity index (χ0) is 13.1. The molecule has 1 aromatic carbocycles. The van der Waals surface area contributed by atoms with E-state index >= 15 is 0 Å². The van der Waals surface area contributed by atoms with Crippen LogP contribution in [0.1, 0.15) is 11.4 Å². The standard InChI is InChI=1S/C11H18NO4P/c1-12(2)10-7-5-9(6-8-10)11(13)17(14,15-3)16-4/h5-8,11,13H,1-4H3. The molecule has 1 rings (SSSR count). The van der Waals surface area contributed by atoms with E-state index in [1.165, 1.54) is 14.2 Å². The second kappa shape index (κ2) is 5.65. The zero-order valence-electron chi connectivity index (χ0n) is 10.5. The molecule has 0 aromatic heterocycles. The van der Waals surface area contributed by atoms with E-state index in [0.717, 1.165) is 5.69 Å². The Morgan fingerprint density at radius 2 is 1.65 bits per heavy atom. The number of aliphatic hydroxyl groups is 1. The highest BCUT2D eigenvalue weighted by molar-refractivity contribution is 7.53. The summed E-state index contributed by atoms with van der Waals surface area (Å²) in [6.07, 6.45) is 0. The number of nitrogens with zero attached hydrogens (tertiary/aromatic N) is 1. The molecule has 1 unspecified atom stereocenters. The van der Waals surface area contributed by atoms with Gasteiger partial charge in [0.2, 0.25) is 0 Å². The Bertz CT molecular complexity index is 396. The Morgan fingerprint density at radius 1 is 1.18 bits per heavy atom. The molecule has 0 spiro atoms. The second-order valence-electron chi connectivity index (χ2n) is 3.76. The van der Waals surface area contributed by atoms with Gasteiger partial charge in [0, 0.05) is 34.0 Å². The molecule has 0 fully saturated rings. The molecule has 0 radical (unpaired) electrons. The second-order valence-corrected chi connectivity index (χ2v) is 6.06. The highest BCUT2D eigenvalue weighted by Gasteiger charge is 2.33. The molecule has 0 bridgehead atoms. The van der Waals surface area contributed by atoms with E-state index in [-0.39, 0.29) is 0 Å². The van der Waals surface area contributed by atoms with Gasteiger partial charge in [0.25, 0.3) is 0 Å². The maximum absolute atomic E-state index is 12.0. The fourth-order valence-electron chi connectivity index (χ4n) is 1.40. The summed E-state index contributed by atoms with van der Waals surface area (Å²) in [5, 5.41) is 9.94. The van der Waals surface area contributed by atoms with E-state index in [2.05, 4.69) is 0 Å². The molecule has 0 saturated heterocycles. The fourth-order valence-corrected chi connectivity index (χ4v) is 2.49. The summed E-state index contributed by atoms with van der Waals surface area (Å²) >= 11 is 0. The SMILES string of the molecule is COP(=O)(OC)C(O)c1ccc(N(C)C)cc1. The highest BCUT2D eigenvalue weighted by Crippen LogP contribution is 2.58. The van der Waals surface area contributed by atoms with Crippen molar-refractivity contribution in [2.45, 2.75) is 5.85 Å². The molecule has 6 heteroatoms. The summed E-state index contributed by atoms with van der Waals surface area (Å²) in [5.74, 6) is -1.27. The Hall–Kier alpha value is -0.870. The molecule has 0 heterocycles. The van der Waals surface area contributed by atoms with Gasteiger partial charge in [-0.1, -0.05) is 12.1 Å². The number of rotatable bonds is 5. The van der Waals surface area contributed by atoms with Crippen molar-refractivity contribution < 1.29 is 18.7 Å². The molecule has 1 N–H and O–H groups in total. The summed E-state index contributed by atoms with van der Waals surface area (Å²) in [6.45, 7) is 0. The van der Waals surface area contributed by atoms with Crippen LogP contribution >= 0.6 is 7.60 Å². The first-order chi connectivity index (χ1) is 7.94. The van der Waals surface area contributed by atoms with Gasteiger partial charge in [0.15, 0.2) is 5.85 Å². The largest absolute Gasteiger partial charge is 0.378 e. The molecular formula is C11H18NO4P. The number of benzene rings is 1. The molecule has 96 valence electrons. The maximum Gasteiger partial charge on any atom is 0.362 e. The minimum Gasteiger partial charge on any atom is -0.378 e. The van der Waals surface area contributed by atoms with Crippen LogP contribution in [0, 0.1) is 0 Å². The Kier molecular flexibility index (Phi) is 4.71. The van der Waals surface area contributed by atoms with Crippen LogP contribution < -0.4 is 4.90 Å². The van der Waals surface area contributed by atoms with E-state index in [9.17, 15) is 9.67 Å². The normalized spacial score (nSPS) is 13.5. The van der Waals surface area contributed by atoms with Crippen molar-refractivity contribution in [3.8, 4) is 0 Å². The summed E-state index contributed by atoms with van der Waals surface area (Å²) in [6, 6.07) is 7.05. The van der Waals surface area contributed by atoms with Crippen LogP contribution in [0.4, 0.5) is 5.69 Å². The number of anilines is 1. The summed E-state index contributed by atoms with van der Waals surface area (Å²) < 4.78 is 21.5. The van der Waals surface area contributed by atoms with Crippen molar-refractivity contribution in [3.63, 3.8) is 0 Å². The summed E-state index contributed by atoms with van der Waals surface area (Å²) in [7, 11) is 2.85. The topological polar surface area (TPSA) is 59.0 Å². The Labute approximate surface area is 102 Å². The third kappa shape index (κ3) is 3.07. The lowest BCUT2D eigenvalue weighted by Gasteiger charge is -2.20. The minimum absolute atomic E-state index is 0.502. The van der Waals surface area contributed by atoms with Gasteiger partial charge in [-0.3, -0.25) is 4.57 Å². The Morgan fingerprint density at radius 3 is 2.00 bits per heavy atom. The van der Waals surface area contributed by atoms with E-state index in [4.69, 9.17) is 9.05 Å². The number of aliphatic hydroxyl groups excluding tert-OH is 1. The van der Waals surface area contributed by atoms with E-state index in [1.54, 1.807) is 12.1 Å². The van der Waals surface area contributed by atoms with Gasteiger partial charge in [-0.15, -0.1) is 0 Å². The van der Waals surface area contributed by atoms with Gasteiger partial charge in [-0.25, -0.2) is 0 Å². The lowest BCUT2D eigenvalue weighted by molar-refractivity contribution is 0.176. The first-order valence-electron chi connectivity index (χ1n) is 5.11. The van der Waals surface area contributed by atoms with Gasteiger partial charge >= 0.3 is 7.60 Å². The van der Waals surface area contributed by atoms with Crippen LogP contribution in [-0.2, 0) is 13.6 Å². The maximum atomic E-state index is 12.0. The quantitative estimate of drug-likeness (QED) is 0.822. The first kappa shape index (κ1) is 14.2. The van der Waals surface area contributed by atoms with Gasteiger partial charge in [-0.2, -0.15) is 0 Å². The molecule has 1 atom stereocenters. The molecule has 0 saturated carbocycles. The van der Waals surface area contributed by atoms with Gasteiger partial charge in [0.05, 0.1) is 0 Å². The van der Waals surface area contributed by atoms with Gasteiger partial charge in [0.1, 0.15) is 0 Å². The Balaban J connectivity index is 2.97. The van der Waals surface area contributed by atoms with Crippen LogP contribution in [0.3, 0.4) is 0 Å². The van der Waals surface area contributed by atoms with Crippen LogP contribution in [0.25, 0.3) is 0 Å². The lowest BCUT2D eigenvalue weighted by atomic mass is 10.2. The van der Waals surface area contributed by atoms with Crippen molar-refractivity contribution in [3.05, 3.63) is 29.8 Å². The predicted molar refractivity (Wildman–Crippen MR) is 67.4 cm³/mol. The molecule has 0 aliphatic rings. The third-order valence-corrected chi connectivity index (χ3v) is 4.43. The molecule has 17 heavy (non-hydrogen) atoms. The van der Waals surface area contributed by atoms with Gasteiger partial charge in [-0.05, 0) is 17.7 Å². The lowest BCUT2D eigenvalue weighted by Crippen LogP contribution is -2.09. The van der Waals surface area contributed by atoms with Crippen LogP contribution in [0.5, 0.6) is 0 Å². The van der Waals surface area contributed by atoms with Crippen molar-refractivity contribution in [1.29, 1.82) is 0 Å². The number of hydrogen-bond acceptors (Lipinski definition) is 5. The minimum atomic E-state index is -3.49. The smallest absolute Gasteiger partial charge is 0.362 e. The van der Waals surface area contributed by atoms with Gasteiger partial charge < -0.3 is 19.1 Å². The zero-order valence-corrected chi connectivity index (χ0v) is 11.3. The molecular weight excluding hydrogens is 241 g/mol. The van der Waals surface area contributed by atoms with E-state index < -0.39 is 13.4 Å². The van der Waals surface area contributed by atoms with Crippen molar-refractivity contribution in [2.24, 2.45) is 0 Å². The van der Waals surface area contributed by atoms with Crippen LogP contribution in [0.2, 0.25) is 0 Å². The first-order valence-corrected chi connectivity index (χ1v) is 6.72. The average molecular weight is 259 g/mol. The predicted octanol–water partition coefficient (Wildman–Crippen LogP) is 2.23. The monoisotopic (exact) mass is 259 g/mol. The van der Waals surface area contributed by atoms with Crippen molar-refractivity contribution in [2.75, 3.05) is 33.2 Å². The van der Waals surface area contributed by atoms with Crippen molar-refractivity contribution in [1.82, 2.24) is 0 Å². The van der Waals surface area contributed by atoms with E-state index in [0.29, 0.717) is 5.56 Å². The molecule has 0 aliphatic carbocycles. The fraction of sp³-hybridized carbons (Fsp3) is 0.455. The molecule has 1 aromatic rings. The van der Waals surface area contributed by atoms with Crippen LogP contribution in [-0.4, -0.2) is 33.4 Å².